The third kappa shape index (κ3) is 3.90. The van der Waals surface area contributed by atoms with Crippen LogP contribution in [0.4, 0.5) is 0 Å². The largest absolute Gasteiger partial charge is 0.543 e. The van der Waals surface area contributed by atoms with Crippen molar-refractivity contribution >= 4 is 14.4 Å². The molecule has 1 aromatic carbocycles. The highest BCUT2D eigenvalue weighted by molar-refractivity contribution is 6.74. The van der Waals surface area contributed by atoms with E-state index in [2.05, 4.69) is 59.5 Å². The summed E-state index contributed by atoms with van der Waals surface area (Å²) in [7, 11) is -2.03. The van der Waals surface area contributed by atoms with Gasteiger partial charge in [-0.25, -0.2) is 4.79 Å². The smallest absolute Gasteiger partial charge is 0.332 e. The van der Waals surface area contributed by atoms with Gasteiger partial charge in [0.05, 0.1) is 11.7 Å². The summed E-state index contributed by atoms with van der Waals surface area (Å²) >= 11 is 0. The quantitative estimate of drug-likeness (QED) is 0.491. The summed E-state index contributed by atoms with van der Waals surface area (Å²) in [4.78, 5) is 13.6. The number of nitrogens with zero attached hydrogens (tertiary/aromatic N) is 2. The lowest BCUT2D eigenvalue weighted by molar-refractivity contribution is 0.305. The maximum absolute atomic E-state index is 13.6. The Hall–Kier alpha value is -2.21. The number of hydrogen-bond acceptors (Lipinski definition) is 3. The van der Waals surface area contributed by atoms with Gasteiger partial charge in [-0.05, 0) is 54.6 Å². The minimum Gasteiger partial charge on any atom is -0.543 e. The monoisotopic (exact) mass is 468 g/mol. The zero-order chi connectivity index (χ0) is 24.1. The van der Waals surface area contributed by atoms with Crippen molar-refractivity contribution in [2.45, 2.75) is 103 Å². The van der Waals surface area contributed by atoms with E-state index in [9.17, 15) is 9.90 Å². The highest BCUT2D eigenvalue weighted by Crippen LogP contribution is 2.44. The van der Waals surface area contributed by atoms with E-state index < -0.39 is 8.32 Å². The Morgan fingerprint density at radius 1 is 1.18 bits per heavy atom. The van der Waals surface area contributed by atoms with Gasteiger partial charge in [-0.1, -0.05) is 65.7 Å². The number of aromatic nitrogens is 2. The van der Waals surface area contributed by atoms with Crippen LogP contribution in [0, 0.1) is 0 Å². The third-order valence-electron chi connectivity index (χ3n) is 8.26. The summed E-state index contributed by atoms with van der Waals surface area (Å²) < 4.78 is 10.2. The van der Waals surface area contributed by atoms with Gasteiger partial charge in [-0.2, -0.15) is 0 Å². The van der Waals surface area contributed by atoms with Crippen LogP contribution in [0.3, 0.4) is 0 Å². The van der Waals surface area contributed by atoms with Crippen LogP contribution in [0.1, 0.15) is 101 Å². The van der Waals surface area contributed by atoms with E-state index in [0.29, 0.717) is 6.42 Å². The molecule has 33 heavy (non-hydrogen) atoms. The van der Waals surface area contributed by atoms with E-state index in [1.54, 1.807) is 4.57 Å². The van der Waals surface area contributed by atoms with Gasteiger partial charge in [0.25, 0.3) is 8.32 Å². The summed E-state index contributed by atoms with van der Waals surface area (Å²) in [6.07, 6.45) is 8.55. The molecule has 1 aromatic heterocycles. The van der Waals surface area contributed by atoms with Crippen LogP contribution in [0.25, 0.3) is 6.08 Å². The molecule has 1 fully saturated rings. The average molecular weight is 469 g/mol. The third-order valence-corrected chi connectivity index (χ3v) is 12.6. The maximum atomic E-state index is 13.6. The molecule has 2 aliphatic rings. The fourth-order valence-electron chi connectivity index (χ4n) is 5.34. The van der Waals surface area contributed by atoms with Crippen molar-refractivity contribution in [3.05, 3.63) is 51.6 Å². The molecule has 1 aliphatic carbocycles. The molecule has 1 saturated carbocycles. The molecular formula is C27H40N2O3Si. The predicted molar refractivity (Wildman–Crippen MR) is 138 cm³/mol. The molecule has 0 bridgehead atoms. The molecule has 0 radical (unpaired) electrons. The highest BCUT2D eigenvalue weighted by atomic mass is 28.4. The van der Waals surface area contributed by atoms with Gasteiger partial charge >= 0.3 is 5.69 Å². The van der Waals surface area contributed by atoms with Crippen molar-refractivity contribution in [1.82, 2.24) is 9.13 Å². The Morgan fingerprint density at radius 3 is 2.42 bits per heavy atom. The zero-order valence-electron chi connectivity index (χ0n) is 21.2. The lowest BCUT2D eigenvalue weighted by Crippen LogP contribution is -2.44. The van der Waals surface area contributed by atoms with Gasteiger partial charge in [0.2, 0.25) is 5.88 Å². The number of imidazole rings is 1. The van der Waals surface area contributed by atoms with Crippen LogP contribution in [-0.4, -0.2) is 22.6 Å². The first-order valence-electron chi connectivity index (χ1n) is 12.5. The second-order valence-corrected chi connectivity index (χ2v) is 16.0. The first-order valence-corrected chi connectivity index (χ1v) is 15.4. The molecule has 0 spiro atoms. The SMILES string of the molecule is C=Cc1c(O[Si](C)(C)C(C)(C)C)ccc2c1Cc1c(O)n(C3CCCCC3)c(=O)n1[C@@H]2CC. The summed E-state index contributed by atoms with van der Waals surface area (Å²) in [5.41, 5.74) is 3.94. The lowest BCUT2D eigenvalue weighted by atomic mass is 9.87. The van der Waals surface area contributed by atoms with Crippen LogP contribution in [-0.2, 0) is 6.42 Å². The molecule has 2 heterocycles. The van der Waals surface area contributed by atoms with Gasteiger partial charge in [-0.15, -0.1) is 0 Å². The van der Waals surface area contributed by atoms with Crippen molar-refractivity contribution in [3.63, 3.8) is 0 Å². The second-order valence-electron chi connectivity index (χ2n) is 11.3. The Morgan fingerprint density at radius 2 is 1.85 bits per heavy atom. The van der Waals surface area contributed by atoms with Gasteiger partial charge in [-0.3, -0.25) is 9.13 Å². The molecule has 1 aliphatic heterocycles. The number of hydrogen-bond donors (Lipinski definition) is 1. The van der Waals surface area contributed by atoms with E-state index in [1.807, 2.05) is 10.6 Å². The lowest BCUT2D eigenvalue weighted by Gasteiger charge is -2.38. The van der Waals surface area contributed by atoms with E-state index >= 15 is 0 Å². The number of benzene rings is 1. The maximum Gasteiger partial charge on any atom is 0.332 e. The van der Waals surface area contributed by atoms with E-state index in [4.69, 9.17) is 4.43 Å². The van der Waals surface area contributed by atoms with Crippen LogP contribution in [0.2, 0.25) is 18.1 Å². The number of rotatable bonds is 5. The summed E-state index contributed by atoms with van der Waals surface area (Å²) in [6.45, 7) is 17.4. The number of aromatic hydroxyl groups is 1. The molecular weight excluding hydrogens is 428 g/mol. The van der Waals surface area contributed by atoms with E-state index in [0.717, 1.165) is 60.2 Å². The fraction of sp³-hybridized carbons (Fsp3) is 0.593. The Kier molecular flexibility index (Phi) is 6.19. The standard InChI is InChI=1S/C27H40N2O3Si/c1-8-19-21-17-23-25(30)28(18-13-11-10-12-14-18)26(31)29(23)22(9-2)20(21)15-16-24(19)32-33(6,7)27(3,4)5/h8,15-16,18,22,30H,1,9-14,17H2,2-7H3/t22-/m1/s1. The molecule has 1 N–H and O–H groups in total. The van der Waals surface area contributed by atoms with Crippen LogP contribution in [0.15, 0.2) is 23.5 Å². The normalized spacial score (nSPS) is 19.2. The molecule has 180 valence electrons. The Bertz CT molecular complexity index is 1110. The minimum absolute atomic E-state index is 0.0614. The molecule has 4 rings (SSSR count). The van der Waals surface area contributed by atoms with Crippen LogP contribution in [0.5, 0.6) is 11.6 Å². The molecule has 6 heteroatoms. The topological polar surface area (TPSA) is 56.4 Å². The second kappa shape index (κ2) is 8.53. The van der Waals surface area contributed by atoms with Gasteiger partial charge in [0.1, 0.15) is 5.75 Å². The fourth-order valence-corrected chi connectivity index (χ4v) is 6.38. The summed E-state index contributed by atoms with van der Waals surface area (Å²) in [5, 5.41) is 11.4. The van der Waals surface area contributed by atoms with Gasteiger partial charge in [0, 0.05) is 18.0 Å². The number of fused-ring (bicyclic) bond motifs is 2. The van der Waals surface area contributed by atoms with E-state index in [-0.39, 0.29) is 28.7 Å². The van der Waals surface area contributed by atoms with E-state index in [1.165, 1.54) is 6.42 Å². The zero-order valence-corrected chi connectivity index (χ0v) is 22.2. The molecule has 2 aromatic rings. The first-order chi connectivity index (χ1) is 15.5. The van der Waals surface area contributed by atoms with Gasteiger partial charge < -0.3 is 9.53 Å². The van der Waals surface area contributed by atoms with Crippen molar-refractivity contribution in [2.24, 2.45) is 0 Å². The van der Waals surface area contributed by atoms with Crippen LogP contribution >= 0.6 is 0 Å². The minimum atomic E-state index is -2.03. The molecule has 0 saturated heterocycles. The first kappa shape index (κ1) is 23.9. The Labute approximate surface area is 199 Å². The van der Waals surface area contributed by atoms with Crippen molar-refractivity contribution in [1.29, 1.82) is 0 Å². The average Bonchev–Trinajstić information content (AvgIpc) is 3.01. The summed E-state index contributed by atoms with van der Waals surface area (Å²) in [5.74, 6) is 1.02. The summed E-state index contributed by atoms with van der Waals surface area (Å²) in [6, 6.07) is 4.20. The van der Waals surface area contributed by atoms with Gasteiger partial charge in [0.15, 0.2) is 0 Å². The molecule has 5 nitrogen and oxygen atoms in total. The molecule has 1 atom stereocenters. The molecule has 0 unspecified atom stereocenters. The van der Waals surface area contributed by atoms with Crippen molar-refractivity contribution < 1.29 is 9.53 Å². The van der Waals surface area contributed by atoms with Crippen LogP contribution < -0.4 is 10.1 Å². The van der Waals surface area contributed by atoms with Crippen molar-refractivity contribution in [3.8, 4) is 11.6 Å². The molecule has 0 amide bonds. The Balaban J connectivity index is 1.83. The highest BCUT2D eigenvalue weighted by Gasteiger charge is 2.40. The predicted octanol–water partition coefficient (Wildman–Crippen LogP) is 6.79. The van der Waals surface area contributed by atoms with Crippen molar-refractivity contribution in [2.75, 3.05) is 0 Å².